The second kappa shape index (κ2) is 8.49. The van der Waals surface area contributed by atoms with E-state index in [1.54, 1.807) is 16.7 Å². The van der Waals surface area contributed by atoms with Crippen LogP contribution in [0.1, 0.15) is 13.8 Å². The number of nitrogens with zero attached hydrogens (tertiary/aromatic N) is 5. The number of hydrogen-bond donors (Lipinski definition) is 0. The average Bonchev–Trinajstić information content (AvgIpc) is 3.06. The molecule has 0 spiro atoms. The van der Waals surface area contributed by atoms with Crippen molar-refractivity contribution in [1.29, 1.82) is 0 Å². The predicted octanol–water partition coefficient (Wildman–Crippen LogP) is 2.19. The van der Waals surface area contributed by atoms with Crippen LogP contribution in [-0.4, -0.2) is 57.0 Å². The summed E-state index contributed by atoms with van der Waals surface area (Å²) < 4.78 is 6.75. The van der Waals surface area contributed by atoms with Crippen molar-refractivity contribution < 1.29 is 9.53 Å². The van der Waals surface area contributed by atoms with Crippen molar-refractivity contribution in [2.24, 2.45) is 0 Å². The number of ether oxygens (including phenoxy) is 1. The molecule has 2 rings (SSSR count). The number of rotatable bonds is 8. The van der Waals surface area contributed by atoms with E-state index in [0.717, 1.165) is 17.0 Å². The summed E-state index contributed by atoms with van der Waals surface area (Å²) in [5, 5.41) is 12.3. The molecule has 0 saturated carbocycles. The quantitative estimate of drug-likeness (QED) is 0.538. The molecule has 0 bridgehead atoms. The molecule has 0 aliphatic heterocycles. The van der Waals surface area contributed by atoms with Crippen molar-refractivity contribution in [1.82, 2.24) is 25.1 Å². The molecule has 1 amide bonds. The molecule has 0 aliphatic rings. The van der Waals surface area contributed by atoms with Crippen molar-refractivity contribution in [3.05, 3.63) is 36.4 Å². The van der Waals surface area contributed by atoms with Gasteiger partial charge in [0.1, 0.15) is 5.75 Å². The number of tetrazole rings is 1. The second-order valence-electron chi connectivity index (χ2n) is 5.22. The number of aromatic nitrogens is 4. The van der Waals surface area contributed by atoms with Crippen LogP contribution in [0.2, 0.25) is 0 Å². The van der Waals surface area contributed by atoms with E-state index in [2.05, 4.69) is 22.1 Å². The van der Waals surface area contributed by atoms with E-state index in [-0.39, 0.29) is 11.7 Å². The molecule has 128 valence electrons. The maximum Gasteiger partial charge on any atom is 0.233 e. The number of amides is 1. The maximum atomic E-state index is 12.3. The summed E-state index contributed by atoms with van der Waals surface area (Å²) in [6.45, 7) is 8.93. The minimum atomic E-state index is 0.0368. The smallest absolute Gasteiger partial charge is 0.233 e. The number of benzene rings is 1. The number of likely N-dealkylation sites (N-methyl/N-ethyl adjacent to an activating group) is 1. The topological polar surface area (TPSA) is 73.1 Å². The molecule has 2 aromatic rings. The minimum absolute atomic E-state index is 0.0368. The summed E-state index contributed by atoms with van der Waals surface area (Å²) in [5.74, 6) is 1.07. The number of thioether (sulfide) groups is 1. The lowest BCUT2D eigenvalue weighted by Gasteiger charge is -2.20. The number of carbonyl (C=O) groups excluding carboxylic acids is 1. The molecule has 0 saturated heterocycles. The van der Waals surface area contributed by atoms with Gasteiger partial charge in [0.15, 0.2) is 0 Å². The predicted molar refractivity (Wildman–Crippen MR) is 93.5 cm³/mol. The molecule has 1 heterocycles. The Morgan fingerprint density at radius 1 is 1.38 bits per heavy atom. The van der Waals surface area contributed by atoms with Gasteiger partial charge >= 0.3 is 0 Å². The van der Waals surface area contributed by atoms with E-state index < -0.39 is 0 Å². The Bertz CT molecular complexity index is 699. The van der Waals surface area contributed by atoms with Gasteiger partial charge in [-0.05, 0) is 48.5 Å². The first-order valence-electron chi connectivity index (χ1n) is 7.53. The monoisotopic (exact) mass is 347 g/mol. The fourth-order valence-corrected chi connectivity index (χ4v) is 2.87. The maximum absolute atomic E-state index is 12.3. The third-order valence-corrected chi connectivity index (χ3v) is 4.18. The minimum Gasteiger partial charge on any atom is -0.497 e. The van der Waals surface area contributed by atoms with Crippen LogP contribution in [0.15, 0.2) is 41.6 Å². The third-order valence-electron chi connectivity index (χ3n) is 3.28. The van der Waals surface area contributed by atoms with Crippen LogP contribution in [0, 0.1) is 0 Å². The number of carbonyl (C=O) groups is 1. The van der Waals surface area contributed by atoms with Crippen LogP contribution < -0.4 is 4.74 Å². The van der Waals surface area contributed by atoms with Crippen LogP contribution in [0.4, 0.5) is 0 Å². The van der Waals surface area contributed by atoms with Gasteiger partial charge in [-0.3, -0.25) is 4.79 Å². The Morgan fingerprint density at radius 3 is 2.67 bits per heavy atom. The first kappa shape index (κ1) is 18.0. The Labute approximate surface area is 145 Å². The van der Waals surface area contributed by atoms with E-state index in [9.17, 15) is 4.79 Å². The lowest BCUT2D eigenvalue weighted by atomic mass is 10.3. The Morgan fingerprint density at radius 2 is 2.08 bits per heavy atom. The SMILES string of the molecule is C=C(C)CN(CC)C(=O)CSc1nnnn1-c1ccc(OC)cc1. The zero-order valence-electron chi connectivity index (χ0n) is 14.1. The molecule has 0 fully saturated rings. The van der Waals surface area contributed by atoms with Gasteiger partial charge < -0.3 is 9.64 Å². The van der Waals surface area contributed by atoms with Crippen LogP contribution in [0.25, 0.3) is 5.69 Å². The summed E-state index contributed by atoms with van der Waals surface area (Å²) in [4.78, 5) is 14.1. The molecule has 1 aromatic carbocycles. The fraction of sp³-hybridized carbons (Fsp3) is 0.375. The Hall–Kier alpha value is -2.35. The molecule has 0 aliphatic carbocycles. The summed E-state index contributed by atoms with van der Waals surface area (Å²) in [6, 6.07) is 7.39. The van der Waals surface area contributed by atoms with E-state index >= 15 is 0 Å². The van der Waals surface area contributed by atoms with Gasteiger partial charge in [0, 0.05) is 13.1 Å². The standard InChI is InChI=1S/C16H21N5O2S/c1-5-20(10-12(2)3)15(22)11-24-16-17-18-19-21(16)13-6-8-14(23-4)9-7-13/h6-9H,2,5,10-11H2,1,3-4H3. The number of hydrogen-bond acceptors (Lipinski definition) is 6. The van der Waals surface area contributed by atoms with Crippen molar-refractivity contribution in [2.45, 2.75) is 19.0 Å². The third kappa shape index (κ3) is 4.58. The number of methoxy groups -OCH3 is 1. The lowest BCUT2D eigenvalue weighted by Crippen LogP contribution is -2.33. The average molecular weight is 347 g/mol. The highest BCUT2D eigenvalue weighted by Crippen LogP contribution is 2.20. The van der Waals surface area contributed by atoms with Crippen LogP contribution in [0.3, 0.4) is 0 Å². The molecule has 7 nitrogen and oxygen atoms in total. The van der Waals surface area contributed by atoms with Crippen molar-refractivity contribution in [2.75, 3.05) is 26.0 Å². The molecular formula is C16H21N5O2S. The second-order valence-corrected chi connectivity index (χ2v) is 6.17. The first-order valence-corrected chi connectivity index (χ1v) is 8.51. The van der Waals surface area contributed by atoms with Crippen molar-refractivity contribution >= 4 is 17.7 Å². The van der Waals surface area contributed by atoms with Crippen LogP contribution in [0.5, 0.6) is 5.75 Å². The van der Waals surface area contributed by atoms with Gasteiger partial charge in [-0.2, -0.15) is 4.68 Å². The summed E-state index contributed by atoms with van der Waals surface area (Å²) in [5.41, 5.74) is 1.77. The Balaban J connectivity index is 2.04. The zero-order chi connectivity index (χ0) is 17.5. The van der Waals surface area contributed by atoms with Crippen molar-refractivity contribution in [3.63, 3.8) is 0 Å². The van der Waals surface area contributed by atoms with Gasteiger partial charge in [0.2, 0.25) is 11.1 Å². The molecule has 1 aromatic heterocycles. The van der Waals surface area contributed by atoms with Crippen molar-refractivity contribution in [3.8, 4) is 11.4 Å². The molecule has 0 unspecified atom stereocenters. The molecule has 0 N–H and O–H groups in total. The molecule has 0 atom stereocenters. The van der Waals surface area contributed by atoms with Crippen LogP contribution in [-0.2, 0) is 4.79 Å². The zero-order valence-corrected chi connectivity index (χ0v) is 14.9. The molecule has 0 radical (unpaired) electrons. The Kier molecular flexibility index (Phi) is 6.36. The summed E-state index contributed by atoms with van der Waals surface area (Å²) >= 11 is 1.31. The van der Waals surface area contributed by atoms with Gasteiger partial charge in [0.05, 0.1) is 18.6 Å². The van der Waals surface area contributed by atoms with E-state index in [1.165, 1.54) is 11.8 Å². The highest BCUT2D eigenvalue weighted by atomic mass is 32.2. The fourth-order valence-electron chi connectivity index (χ4n) is 2.07. The lowest BCUT2D eigenvalue weighted by molar-refractivity contribution is -0.127. The first-order chi connectivity index (χ1) is 11.5. The molecular weight excluding hydrogens is 326 g/mol. The molecule has 8 heteroatoms. The van der Waals surface area contributed by atoms with E-state index in [0.29, 0.717) is 18.2 Å². The van der Waals surface area contributed by atoms with E-state index in [4.69, 9.17) is 4.74 Å². The highest BCUT2D eigenvalue weighted by Gasteiger charge is 2.15. The summed E-state index contributed by atoms with van der Waals surface area (Å²) in [7, 11) is 1.61. The van der Waals surface area contributed by atoms with Gasteiger partial charge in [0.25, 0.3) is 0 Å². The normalized spacial score (nSPS) is 10.5. The van der Waals surface area contributed by atoms with Gasteiger partial charge in [-0.25, -0.2) is 0 Å². The largest absolute Gasteiger partial charge is 0.497 e. The highest BCUT2D eigenvalue weighted by molar-refractivity contribution is 7.99. The summed E-state index contributed by atoms with van der Waals surface area (Å²) in [6.07, 6.45) is 0. The van der Waals surface area contributed by atoms with Gasteiger partial charge in [-0.1, -0.05) is 23.9 Å². The van der Waals surface area contributed by atoms with Gasteiger partial charge in [-0.15, -0.1) is 5.10 Å². The molecule has 24 heavy (non-hydrogen) atoms. The van der Waals surface area contributed by atoms with Crippen LogP contribution >= 0.6 is 11.8 Å². The van der Waals surface area contributed by atoms with E-state index in [1.807, 2.05) is 38.1 Å².